The predicted molar refractivity (Wildman–Crippen MR) is 77.3 cm³/mol. The maximum Gasteiger partial charge on any atom is 0.119 e. The SMILES string of the molecule is COC1(C(N)c2ccc(OC(C)C)cc2)CCCC1. The molecule has 1 unspecified atom stereocenters. The Labute approximate surface area is 116 Å². The molecule has 1 aliphatic rings. The number of rotatable bonds is 5. The summed E-state index contributed by atoms with van der Waals surface area (Å²) in [5.74, 6) is 0.892. The van der Waals surface area contributed by atoms with Gasteiger partial charge in [-0.15, -0.1) is 0 Å². The predicted octanol–water partition coefficient (Wildman–Crippen LogP) is 3.43. The van der Waals surface area contributed by atoms with Gasteiger partial charge < -0.3 is 15.2 Å². The van der Waals surface area contributed by atoms with E-state index >= 15 is 0 Å². The van der Waals surface area contributed by atoms with E-state index in [0.29, 0.717) is 0 Å². The number of hydrogen-bond donors (Lipinski definition) is 1. The molecule has 0 aromatic heterocycles. The van der Waals surface area contributed by atoms with Crippen molar-refractivity contribution in [3.63, 3.8) is 0 Å². The number of methoxy groups -OCH3 is 1. The molecular formula is C16H25NO2. The molecular weight excluding hydrogens is 238 g/mol. The summed E-state index contributed by atoms with van der Waals surface area (Å²) >= 11 is 0. The summed E-state index contributed by atoms with van der Waals surface area (Å²) < 4.78 is 11.4. The van der Waals surface area contributed by atoms with Crippen molar-refractivity contribution in [2.24, 2.45) is 5.73 Å². The second kappa shape index (κ2) is 5.93. The fourth-order valence-corrected chi connectivity index (χ4v) is 2.95. The third-order valence-electron chi connectivity index (χ3n) is 4.03. The maximum absolute atomic E-state index is 6.43. The molecule has 19 heavy (non-hydrogen) atoms. The van der Waals surface area contributed by atoms with Crippen LogP contribution in [0.2, 0.25) is 0 Å². The lowest BCUT2D eigenvalue weighted by atomic mass is 9.87. The number of benzene rings is 1. The summed E-state index contributed by atoms with van der Waals surface area (Å²) in [7, 11) is 1.78. The van der Waals surface area contributed by atoms with Crippen LogP contribution in [-0.2, 0) is 4.74 Å². The van der Waals surface area contributed by atoms with Crippen LogP contribution >= 0.6 is 0 Å². The van der Waals surface area contributed by atoms with E-state index in [0.717, 1.165) is 24.2 Å². The van der Waals surface area contributed by atoms with Crippen molar-refractivity contribution in [2.75, 3.05) is 7.11 Å². The van der Waals surface area contributed by atoms with Gasteiger partial charge in [-0.3, -0.25) is 0 Å². The highest BCUT2D eigenvalue weighted by Crippen LogP contribution is 2.41. The highest BCUT2D eigenvalue weighted by atomic mass is 16.5. The van der Waals surface area contributed by atoms with E-state index < -0.39 is 0 Å². The lowest BCUT2D eigenvalue weighted by Crippen LogP contribution is -2.40. The molecule has 3 nitrogen and oxygen atoms in total. The first-order chi connectivity index (χ1) is 9.07. The first kappa shape index (κ1) is 14.4. The third-order valence-corrected chi connectivity index (χ3v) is 4.03. The molecule has 0 bridgehead atoms. The largest absolute Gasteiger partial charge is 0.491 e. The van der Waals surface area contributed by atoms with E-state index in [4.69, 9.17) is 15.2 Å². The Morgan fingerprint density at radius 1 is 1.11 bits per heavy atom. The average Bonchev–Trinajstić information content (AvgIpc) is 2.88. The van der Waals surface area contributed by atoms with Gasteiger partial charge in [0.15, 0.2) is 0 Å². The number of hydrogen-bond acceptors (Lipinski definition) is 3. The van der Waals surface area contributed by atoms with Crippen LogP contribution in [-0.4, -0.2) is 18.8 Å². The molecule has 0 amide bonds. The highest BCUT2D eigenvalue weighted by molar-refractivity contribution is 5.31. The zero-order chi connectivity index (χ0) is 13.9. The first-order valence-electron chi connectivity index (χ1n) is 7.15. The van der Waals surface area contributed by atoms with Crippen molar-refractivity contribution in [1.29, 1.82) is 0 Å². The van der Waals surface area contributed by atoms with Crippen molar-refractivity contribution < 1.29 is 9.47 Å². The van der Waals surface area contributed by atoms with Gasteiger partial charge >= 0.3 is 0 Å². The fourth-order valence-electron chi connectivity index (χ4n) is 2.95. The van der Waals surface area contributed by atoms with Crippen LogP contribution in [0.25, 0.3) is 0 Å². The van der Waals surface area contributed by atoms with Gasteiger partial charge in [0.25, 0.3) is 0 Å². The maximum atomic E-state index is 6.43. The summed E-state index contributed by atoms with van der Waals surface area (Å²) in [6, 6.07) is 8.04. The van der Waals surface area contributed by atoms with E-state index in [1.807, 2.05) is 26.0 Å². The van der Waals surface area contributed by atoms with Crippen LogP contribution in [0.4, 0.5) is 0 Å². The molecule has 0 spiro atoms. The molecule has 1 saturated carbocycles. The molecule has 1 aromatic carbocycles. The van der Waals surface area contributed by atoms with E-state index in [2.05, 4.69) is 12.1 Å². The van der Waals surface area contributed by atoms with Gasteiger partial charge in [-0.1, -0.05) is 25.0 Å². The highest BCUT2D eigenvalue weighted by Gasteiger charge is 2.40. The molecule has 3 heteroatoms. The van der Waals surface area contributed by atoms with Gasteiger partial charge in [0.05, 0.1) is 17.7 Å². The van der Waals surface area contributed by atoms with Crippen molar-refractivity contribution in [3.05, 3.63) is 29.8 Å². The zero-order valence-corrected chi connectivity index (χ0v) is 12.2. The average molecular weight is 263 g/mol. The molecule has 106 valence electrons. The summed E-state index contributed by atoms with van der Waals surface area (Å²) in [5, 5.41) is 0. The van der Waals surface area contributed by atoms with Crippen LogP contribution in [0.5, 0.6) is 5.75 Å². The number of nitrogens with two attached hydrogens (primary N) is 1. The molecule has 2 N–H and O–H groups in total. The molecule has 0 saturated heterocycles. The van der Waals surface area contributed by atoms with Crippen LogP contribution in [0.1, 0.15) is 51.1 Å². The molecule has 0 aliphatic heterocycles. The second-order valence-corrected chi connectivity index (χ2v) is 5.69. The van der Waals surface area contributed by atoms with E-state index in [-0.39, 0.29) is 17.7 Å². The molecule has 0 heterocycles. The minimum atomic E-state index is -0.180. The quantitative estimate of drug-likeness (QED) is 0.885. The van der Waals surface area contributed by atoms with Gasteiger partial charge in [-0.05, 0) is 44.4 Å². The topological polar surface area (TPSA) is 44.5 Å². The van der Waals surface area contributed by atoms with E-state index in [9.17, 15) is 0 Å². The van der Waals surface area contributed by atoms with Gasteiger partial charge in [0.1, 0.15) is 5.75 Å². The van der Waals surface area contributed by atoms with Crippen LogP contribution in [0, 0.1) is 0 Å². The Bertz CT molecular complexity index is 394. The van der Waals surface area contributed by atoms with Gasteiger partial charge in [-0.2, -0.15) is 0 Å². The molecule has 2 rings (SSSR count). The zero-order valence-electron chi connectivity index (χ0n) is 12.2. The smallest absolute Gasteiger partial charge is 0.119 e. The lowest BCUT2D eigenvalue weighted by Gasteiger charge is -2.34. The third kappa shape index (κ3) is 3.10. The first-order valence-corrected chi connectivity index (χ1v) is 7.15. The lowest BCUT2D eigenvalue weighted by molar-refractivity contribution is -0.0264. The van der Waals surface area contributed by atoms with Crippen molar-refractivity contribution in [3.8, 4) is 5.75 Å². The van der Waals surface area contributed by atoms with Gasteiger partial charge in [-0.25, -0.2) is 0 Å². The molecule has 0 radical (unpaired) electrons. The van der Waals surface area contributed by atoms with Gasteiger partial charge in [0.2, 0.25) is 0 Å². The van der Waals surface area contributed by atoms with E-state index in [1.54, 1.807) is 7.11 Å². The monoisotopic (exact) mass is 263 g/mol. The van der Waals surface area contributed by atoms with E-state index in [1.165, 1.54) is 12.8 Å². The normalized spacial score (nSPS) is 19.6. The molecule has 1 fully saturated rings. The van der Waals surface area contributed by atoms with Crippen molar-refractivity contribution >= 4 is 0 Å². The second-order valence-electron chi connectivity index (χ2n) is 5.69. The molecule has 1 atom stereocenters. The molecule has 1 aromatic rings. The van der Waals surface area contributed by atoms with Crippen LogP contribution < -0.4 is 10.5 Å². The van der Waals surface area contributed by atoms with Crippen molar-refractivity contribution in [1.82, 2.24) is 0 Å². The van der Waals surface area contributed by atoms with Gasteiger partial charge in [0, 0.05) is 7.11 Å². The summed E-state index contributed by atoms with van der Waals surface area (Å²) in [5.41, 5.74) is 7.38. The Balaban J connectivity index is 2.12. The minimum absolute atomic E-state index is 0.0619. The summed E-state index contributed by atoms with van der Waals surface area (Å²) in [4.78, 5) is 0. The Morgan fingerprint density at radius 3 is 2.16 bits per heavy atom. The molecule has 1 aliphatic carbocycles. The summed E-state index contributed by atoms with van der Waals surface area (Å²) in [6.07, 6.45) is 4.70. The van der Waals surface area contributed by atoms with Crippen molar-refractivity contribution in [2.45, 2.75) is 57.3 Å². The summed E-state index contributed by atoms with van der Waals surface area (Å²) in [6.45, 7) is 4.05. The Kier molecular flexibility index (Phi) is 4.48. The van der Waals surface area contributed by atoms with Crippen LogP contribution in [0.3, 0.4) is 0 Å². The van der Waals surface area contributed by atoms with Crippen LogP contribution in [0.15, 0.2) is 24.3 Å². The minimum Gasteiger partial charge on any atom is -0.491 e. The standard InChI is InChI=1S/C16H25NO2/c1-12(2)19-14-8-6-13(7-9-14)15(17)16(18-3)10-4-5-11-16/h6-9,12,15H,4-5,10-11,17H2,1-3H3. The fraction of sp³-hybridized carbons (Fsp3) is 0.625. The Morgan fingerprint density at radius 2 is 1.68 bits per heavy atom. The Hall–Kier alpha value is -1.06. The number of ether oxygens (including phenoxy) is 2.